The van der Waals surface area contributed by atoms with Crippen molar-refractivity contribution in [1.29, 1.82) is 0 Å². The number of hydrogen-bond donors (Lipinski definition) is 0. The van der Waals surface area contributed by atoms with E-state index in [9.17, 15) is 0 Å². The molecule has 0 fully saturated rings. The van der Waals surface area contributed by atoms with Gasteiger partial charge in [-0.15, -0.1) is 10.2 Å². The first kappa shape index (κ1) is 11.8. The Hall–Kier alpha value is -1.71. The van der Waals surface area contributed by atoms with E-state index in [1.54, 1.807) is 6.20 Å². The van der Waals surface area contributed by atoms with E-state index in [2.05, 4.69) is 39.7 Å². The van der Waals surface area contributed by atoms with Crippen LogP contribution in [0.25, 0.3) is 0 Å². The van der Waals surface area contributed by atoms with Crippen molar-refractivity contribution in [1.82, 2.24) is 19.7 Å². The predicted molar refractivity (Wildman–Crippen MR) is 66.5 cm³/mol. The van der Waals surface area contributed by atoms with Crippen LogP contribution in [-0.2, 0) is 19.4 Å². The molecule has 90 valence electrons. The highest BCUT2D eigenvalue weighted by molar-refractivity contribution is 5.09. The van der Waals surface area contributed by atoms with Gasteiger partial charge in [0, 0.05) is 25.4 Å². The standard InChI is InChI=1S/C13H18N4/c1-11(2)9-17-10-15-16-13(17)6-5-12-4-3-7-14-8-12/h3-4,7-8,10-11H,5-6,9H2,1-2H3. The summed E-state index contributed by atoms with van der Waals surface area (Å²) in [6, 6.07) is 4.06. The van der Waals surface area contributed by atoms with Crippen molar-refractivity contribution in [2.24, 2.45) is 5.92 Å². The topological polar surface area (TPSA) is 43.6 Å². The lowest BCUT2D eigenvalue weighted by Crippen LogP contribution is -2.08. The van der Waals surface area contributed by atoms with Crippen molar-refractivity contribution in [2.45, 2.75) is 33.2 Å². The van der Waals surface area contributed by atoms with Crippen LogP contribution in [0, 0.1) is 5.92 Å². The van der Waals surface area contributed by atoms with Gasteiger partial charge in [-0.05, 0) is 24.0 Å². The molecule has 2 rings (SSSR count). The molecule has 17 heavy (non-hydrogen) atoms. The van der Waals surface area contributed by atoms with E-state index in [1.807, 2.05) is 18.6 Å². The minimum Gasteiger partial charge on any atom is -0.317 e. The monoisotopic (exact) mass is 230 g/mol. The van der Waals surface area contributed by atoms with Crippen LogP contribution >= 0.6 is 0 Å². The molecule has 0 aromatic carbocycles. The van der Waals surface area contributed by atoms with Crippen LogP contribution in [0.15, 0.2) is 30.9 Å². The number of hydrogen-bond acceptors (Lipinski definition) is 3. The molecule has 4 nitrogen and oxygen atoms in total. The Kier molecular flexibility index (Phi) is 3.85. The van der Waals surface area contributed by atoms with Crippen molar-refractivity contribution >= 4 is 0 Å². The molecule has 0 unspecified atom stereocenters. The molecule has 0 amide bonds. The van der Waals surface area contributed by atoms with Gasteiger partial charge in [-0.2, -0.15) is 0 Å². The molecule has 0 aliphatic heterocycles. The summed E-state index contributed by atoms with van der Waals surface area (Å²) < 4.78 is 2.14. The van der Waals surface area contributed by atoms with Crippen molar-refractivity contribution in [3.05, 3.63) is 42.2 Å². The molecule has 0 bridgehead atoms. The zero-order chi connectivity index (χ0) is 12.1. The Labute approximate surface area is 102 Å². The molecule has 2 heterocycles. The third-order valence-corrected chi connectivity index (χ3v) is 2.62. The lowest BCUT2D eigenvalue weighted by atomic mass is 10.1. The number of aromatic nitrogens is 4. The summed E-state index contributed by atoms with van der Waals surface area (Å²) in [6.07, 6.45) is 7.40. The highest BCUT2D eigenvalue weighted by Crippen LogP contribution is 2.06. The van der Waals surface area contributed by atoms with E-state index < -0.39 is 0 Å². The largest absolute Gasteiger partial charge is 0.317 e. The molecule has 0 radical (unpaired) electrons. The number of aryl methyl sites for hydroxylation is 2. The van der Waals surface area contributed by atoms with E-state index in [-0.39, 0.29) is 0 Å². The fourth-order valence-corrected chi connectivity index (χ4v) is 1.82. The van der Waals surface area contributed by atoms with Gasteiger partial charge in [0.25, 0.3) is 0 Å². The third kappa shape index (κ3) is 3.37. The molecule has 0 aliphatic carbocycles. The first-order valence-electron chi connectivity index (χ1n) is 6.01. The van der Waals surface area contributed by atoms with Gasteiger partial charge >= 0.3 is 0 Å². The summed E-state index contributed by atoms with van der Waals surface area (Å²) in [7, 11) is 0. The van der Waals surface area contributed by atoms with Crippen molar-refractivity contribution in [2.75, 3.05) is 0 Å². The number of pyridine rings is 1. The van der Waals surface area contributed by atoms with Gasteiger partial charge in [-0.3, -0.25) is 4.98 Å². The van der Waals surface area contributed by atoms with E-state index in [1.165, 1.54) is 5.56 Å². The summed E-state index contributed by atoms with van der Waals surface area (Å²) >= 11 is 0. The van der Waals surface area contributed by atoms with Gasteiger partial charge in [-0.1, -0.05) is 19.9 Å². The Morgan fingerprint density at radius 3 is 2.88 bits per heavy atom. The van der Waals surface area contributed by atoms with E-state index in [0.29, 0.717) is 5.92 Å². The minimum atomic E-state index is 0.614. The fourth-order valence-electron chi connectivity index (χ4n) is 1.82. The van der Waals surface area contributed by atoms with Gasteiger partial charge < -0.3 is 4.57 Å². The molecule has 2 aromatic heterocycles. The normalized spacial score (nSPS) is 11.0. The van der Waals surface area contributed by atoms with Crippen LogP contribution in [0.3, 0.4) is 0 Å². The zero-order valence-electron chi connectivity index (χ0n) is 10.4. The molecule has 0 spiro atoms. The lowest BCUT2D eigenvalue weighted by molar-refractivity contribution is 0.505. The maximum Gasteiger partial charge on any atom is 0.133 e. The Balaban J connectivity index is 1.97. The van der Waals surface area contributed by atoms with Crippen LogP contribution in [0.4, 0.5) is 0 Å². The Bertz CT molecular complexity index is 447. The molecule has 0 saturated carbocycles. The zero-order valence-corrected chi connectivity index (χ0v) is 10.4. The van der Waals surface area contributed by atoms with E-state index in [4.69, 9.17) is 0 Å². The smallest absolute Gasteiger partial charge is 0.133 e. The van der Waals surface area contributed by atoms with Gasteiger partial charge in [0.15, 0.2) is 0 Å². The SMILES string of the molecule is CC(C)Cn1cnnc1CCc1cccnc1. The molecule has 0 N–H and O–H groups in total. The van der Waals surface area contributed by atoms with Crippen LogP contribution in [0.5, 0.6) is 0 Å². The summed E-state index contributed by atoms with van der Waals surface area (Å²) in [5.41, 5.74) is 1.24. The van der Waals surface area contributed by atoms with Crippen LogP contribution in [0.1, 0.15) is 25.2 Å². The quantitative estimate of drug-likeness (QED) is 0.790. The Morgan fingerprint density at radius 1 is 1.29 bits per heavy atom. The van der Waals surface area contributed by atoms with Crippen molar-refractivity contribution in [3.8, 4) is 0 Å². The molecule has 0 aliphatic rings. The minimum absolute atomic E-state index is 0.614. The van der Waals surface area contributed by atoms with Crippen LogP contribution in [0.2, 0.25) is 0 Å². The van der Waals surface area contributed by atoms with Crippen molar-refractivity contribution < 1.29 is 0 Å². The molecule has 0 saturated heterocycles. The Morgan fingerprint density at radius 2 is 2.18 bits per heavy atom. The molecule has 0 atom stereocenters. The summed E-state index contributed by atoms with van der Waals surface area (Å²) in [5.74, 6) is 1.67. The third-order valence-electron chi connectivity index (χ3n) is 2.62. The highest BCUT2D eigenvalue weighted by Gasteiger charge is 2.06. The molecule has 4 heteroatoms. The van der Waals surface area contributed by atoms with Gasteiger partial charge in [0.1, 0.15) is 12.2 Å². The number of rotatable bonds is 5. The maximum absolute atomic E-state index is 4.18. The molecule has 2 aromatic rings. The lowest BCUT2D eigenvalue weighted by Gasteiger charge is -2.08. The second kappa shape index (κ2) is 5.57. The van der Waals surface area contributed by atoms with Gasteiger partial charge in [0.05, 0.1) is 0 Å². The van der Waals surface area contributed by atoms with Crippen LogP contribution in [-0.4, -0.2) is 19.7 Å². The molecular weight excluding hydrogens is 212 g/mol. The number of nitrogens with zero attached hydrogens (tertiary/aromatic N) is 4. The molecular formula is C13H18N4. The summed E-state index contributed by atoms with van der Waals surface area (Å²) in [4.78, 5) is 4.11. The van der Waals surface area contributed by atoms with E-state index >= 15 is 0 Å². The van der Waals surface area contributed by atoms with Crippen LogP contribution < -0.4 is 0 Å². The summed E-state index contributed by atoms with van der Waals surface area (Å²) in [6.45, 7) is 5.38. The second-order valence-electron chi connectivity index (χ2n) is 4.65. The average Bonchev–Trinajstić information content (AvgIpc) is 2.74. The second-order valence-corrected chi connectivity index (χ2v) is 4.65. The highest BCUT2D eigenvalue weighted by atomic mass is 15.3. The van der Waals surface area contributed by atoms with Gasteiger partial charge in [-0.25, -0.2) is 0 Å². The summed E-state index contributed by atoms with van der Waals surface area (Å²) in [5, 5.41) is 8.16. The van der Waals surface area contributed by atoms with Crippen molar-refractivity contribution in [3.63, 3.8) is 0 Å². The first-order valence-corrected chi connectivity index (χ1v) is 6.01. The fraction of sp³-hybridized carbons (Fsp3) is 0.462. The predicted octanol–water partition coefficient (Wildman–Crippen LogP) is 2.11. The first-order chi connectivity index (χ1) is 8.25. The average molecular weight is 230 g/mol. The maximum atomic E-state index is 4.18. The van der Waals surface area contributed by atoms with E-state index in [0.717, 1.165) is 25.2 Å². The van der Waals surface area contributed by atoms with Gasteiger partial charge in [0.2, 0.25) is 0 Å².